The highest BCUT2D eigenvalue weighted by molar-refractivity contribution is 7.92. The lowest BCUT2D eigenvalue weighted by atomic mass is 10.1. The first-order chi connectivity index (χ1) is 15.0. The summed E-state index contributed by atoms with van der Waals surface area (Å²) in [5.74, 6) is -0.404. The summed E-state index contributed by atoms with van der Waals surface area (Å²) in [6.45, 7) is 6.00. The highest BCUT2D eigenvalue weighted by Gasteiger charge is 2.31. The Morgan fingerprint density at radius 2 is 1.84 bits per heavy atom. The van der Waals surface area contributed by atoms with Crippen molar-refractivity contribution in [2.45, 2.75) is 32.5 Å². The molecule has 1 aliphatic heterocycles. The van der Waals surface area contributed by atoms with Crippen molar-refractivity contribution in [3.05, 3.63) is 70.5 Å². The largest absolute Gasteiger partial charge is 0.334 e. The number of nitrogens with one attached hydrogen (secondary N) is 1. The predicted molar refractivity (Wildman–Crippen MR) is 126 cm³/mol. The maximum absolute atomic E-state index is 13.2. The molecule has 0 spiro atoms. The zero-order valence-electron chi connectivity index (χ0n) is 18.3. The first kappa shape index (κ1) is 24.2. The fourth-order valence-electron chi connectivity index (χ4n) is 3.77. The first-order valence-electron chi connectivity index (χ1n) is 10.3. The van der Waals surface area contributed by atoms with Crippen LogP contribution in [-0.4, -0.2) is 55.6 Å². The van der Waals surface area contributed by atoms with Gasteiger partial charge in [-0.1, -0.05) is 29.8 Å². The number of benzene rings is 2. The maximum Gasteiger partial charge on any atom is 0.246 e. The second kappa shape index (κ2) is 10.0. The molecule has 0 unspecified atom stereocenters. The monoisotopic (exact) mass is 479 g/mol. The fraction of sp³-hybridized carbons (Fsp3) is 0.348. The van der Waals surface area contributed by atoms with Crippen LogP contribution in [0.5, 0.6) is 0 Å². The van der Waals surface area contributed by atoms with Gasteiger partial charge in [-0.15, -0.1) is 0 Å². The molecule has 1 heterocycles. The summed E-state index contributed by atoms with van der Waals surface area (Å²) in [7, 11) is -3.49. The van der Waals surface area contributed by atoms with Crippen molar-refractivity contribution in [2.75, 3.05) is 24.1 Å². The van der Waals surface area contributed by atoms with E-state index >= 15 is 0 Å². The molecule has 1 N–H and O–H groups in total. The number of carbonyl (C=O) groups is 1. The molecule has 2 aromatic carbocycles. The lowest BCUT2D eigenvalue weighted by molar-refractivity contribution is -0.131. The van der Waals surface area contributed by atoms with Crippen LogP contribution in [0.2, 0.25) is 5.02 Å². The average molecular weight is 480 g/mol. The Labute approximate surface area is 193 Å². The molecule has 0 aliphatic carbocycles. The number of anilines is 1. The molecule has 2 aromatic rings. The van der Waals surface area contributed by atoms with Gasteiger partial charge in [0, 0.05) is 42.8 Å². The molecular weight excluding hydrogens is 453 g/mol. The molecule has 0 saturated carbocycles. The predicted octanol–water partition coefficient (Wildman–Crippen LogP) is 3.99. The van der Waals surface area contributed by atoms with Crippen molar-refractivity contribution in [3.63, 3.8) is 0 Å². The van der Waals surface area contributed by atoms with E-state index in [-0.39, 0.29) is 23.8 Å². The normalized spacial score (nSPS) is 20.0. The molecule has 1 aliphatic rings. The molecule has 1 fully saturated rings. The molecule has 1 amide bonds. The van der Waals surface area contributed by atoms with Crippen molar-refractivity contribution in [2.24, 2.45) is 0 Å². The summed E-state index contributed by atoms with van der Waals surface area (Å²) < 4.78 is 38.8. The second-order valence-corrected chi connectivity index (χ2v) is 10.4. The van der Waals surface area contributed by atoms with Gasteiger partial charge >= 0.3 is 0 Å². The van der Waals surface area contributed by atoms with E-state index in [9.17, 15) is 17.6 Å². The molecule has 0 radical (unpaired) electrons. The summed E-state index contributed by atoms with van der Waals surface area (Å²) in [6, 6.07) is 11.4. The van der Waals surface area contributed by atoms with Crippen LogP contribution in [0.15, 0.2) is 48.5 Å². The van der Waals surface area contributed by atoms with E-state index in [4.69, 9.17) is 11.6 Å². The summed E-state index contributed by atoms with van der Waals surface area (Å²) in [4.78, 5) is 17.0. The van der Waals surface area contributed by atoms with Gasteiger partial charge in [0.05, 0.1) is 11.9 Å². The Bertz CT molecular complexity index is 1110. The van der Waals surface area contributed by atoms with Gasteiger partial charge in [-0.25, -0.2) is 12.8 Å². The fourth-order valence-corrected chi connectivity index (χ4v) is 4.52. The molecule has 0 aromatic heterocycles. The van der Waals surface area contributed by atoms with Gasteiger partial charge in [-0.3, -0.25) is 14.4 Å². The van der Waals surface area contributed by atoms with Crippen molar-refractivity contribution >= 4 is 39.3 Å². The van der Waals surface area contributed by atoms with Gasteiger partial charge in [0.1, 0.15) is 5.82 Å². The van der Waals surface area contributed by atoms with Crippen molar-refractivity contribution in [1.82, 2.24) is 9.80 Å². The number of sulfonamides is 1. The standard InChI is InChI=1S/C23H27ClFN3O3S/c1-16-14-28(17(2)13-27(16)15-18-4-9-21(25)10-5-18)23(29)11-7-19-6-8-20(24)12-22(19)26-32(3,30)31/h4-12,16-17,26H,13-15H2,1-3H3/b11-7+/t16-,17+/m0/s1. The lowest BCUT2D eigenvalue weighted by Gasteiger charge is -2.44. The summed E-state index contributed by atoms with van der Waals surface area (Å²) in [5, 5.41) is 0.388. The summed E-state index contributed by atoms with van der Waals surface area (Å²) >= 11 is 5.99. The molecule has 1 saturated heterocycles. The average Bonchev–Trinajstić information content (AvgIpc) is 2.70. The van der Waals surface area contributed by atoms with Crippen LogP contribution in [0.4, 0.5) is 10.1 Å². The van der Waals surface area contributed by atoms with Crippen LogP contribution in [0, 0.1) is 5.82 Å². The van der Waals surface area contributed by atoms with Gasteiger partial charge in [-0.2, -0.15) is 0 Å². The molecule has 6 nitrogen and oxygen atoms in total. The number of nitrogens with zero attached hydrogens (tertiary/aromatic N) is 2. The topological polar surface area (TPSA) is 69.7 Å². The van der Waals surface area contributed by atoms with Gasteiger partial charge in [0.25, 0.3) is 0 Å². The van der Waals surface area contributed by atoms with E-state index in [1.54, 1.807) is 30.3 Å². The van der Waals surface area contributed by atoms with Crippen LogP contribution < -0.4 is 4.72 Å². The minimum Gasteiger partial charge on any atom is -0.334 e. The van der Waals surface area contributed by atoms with E-state index < -0.39 is 10.0 Å². The SMILES string of the molecule is C[C@@H]1CN(Cc2ccc(F)cc2)[C@@H](C)CN1C(=O)/C=C/c1ccc(Cl)cc1NS(C)(=O)=O. The molecule has 3 rings (SSSR count). The molecular formula is C23H27ClFN3O3S. The Hall–Kier alpha value is -2.42. The molecule has 32 heavy (non-hydrogen) atoms. The zero-order chi connectivity index (χ0) is 23.5. The van der Waals surface area contributed by atoms with Crippen molar-refractivity contribution < 1.29 is 17.6 Å². The van der Waals surface area contributed by atoms with E-state index in [1.807, 2.05) is 11.8 Å². The third-order valence-electron chi connectivity index (χ3n) is 5.41. The number of hydrogen-bond acceptors (Lipinski definition) is 4. The first-order valence-corrected chi connectivity index (χ1v) is 12.5. The number of piperazine rings is 1. The Morgan fingerprint density at radius 1 is 1.16 bits per heavy atom. The quantitative estimate of drug-likeness (QED) is 0.636. The third-order valence-corrected chi connectivity index (χ3v) is 6.24. The molecule has 2 atom stereocenters. The lowest BCUT2D eigenvalue weighted by Crippen LogP contribution is -2.57. The van der Waals surface area contributed by atoms with Crippen LogP contribution in [0.25, 0.3) is 6.08 Å². The number of amides is 1. The Kier molecular flexibility index (Phi) is 7.59. The Morgan fingerprint density at radius 3 is 2.50 bits per heavy atom. The van der Waals surface area contributed by atoms with Gasteiger partial charge in [-0.05, 0) is 55.3 Å². The van der Waals surface area contributed by atoms with Crippen LogP contribution >= 0.6 is 11.6 Å². The smallest absolute Gasteiger partial charge is 0.246 e. The minimum atomic E-state index is -3.49. The van der Waals surface area contributed by atoms with E-state index in [1.165, 1.54) is 24.3 Å². The van der Waals surface area contributed by atoms with Crippen LogP contribution in [0.3, 0.4) is 0 Å². The van der Waals surface area contributed by atoms with E-state index in [0.29, 0.717) is 35.9 Å². The van der Waals surface area contributed by atoms with Gasteiger partial charge in [0.15, 0.2) is 0 Å². The number of hydrogen-bond donors (Lipinski definition) is 1. The summed E-state index contributed by atoms with van der Waals surface area (Å²) in [6.07, 6.45) is 4.10. The summed E-state index contributed by atoms with van der Waals surface area (Å²) in [5.41, 5.74) is 1.89. The minimum absolute atomic E-state index is 0.0115. The number of carbonyl (C=O) groups excluding carboxylic acids is 1. The highest BCUT2D eigenvalue weighted by atomic mass is 35.5. The highest BCUT2D eigenvalue weighted by Crippen LogP contribution is 2.24. The third kappa shape index (κ3) is 6.54. The van der Waals surface area contributed by atoms with Crippen LogP contribution in [0.1, 0.15) is 25.0 Å². The Balaban J connectivity index is 1.68. The van der Waals surface area contributed by atoms with Crippen LogP contribution in [-0.2, 0) is 21.4 Å². The number of halogens is 2. The number of rotatable bonds is 6. The van der Waals surface area contributed by atoms with E-state index in [0.717, 1.165) is 11.8 Å². The van der Waals surface area contributed by atoms with Crippen molar-refractivity contribution in [1.29, 1.82) is 0 Å². The second-order valence-electron chi connectivity index (χ2n) is 8.18. The zero-order valence-corrected chi connectivity index (χ0v) is 19.8. The molecule has 0 bridgehead atoms. The van der Waals surface area contributed by atoms with Crippen molar-refractivity contribution in [3.8, 4) is 0 Å². The van der Waals surface area contributed by atoms with Gasteiger partial charge < -0.3 is 4.90 Å². The molecule has 172 valence electrons. The van der Waals surface area contributed by atoms with E-state index in [2.05, 4.69) is 16.5 Å². The van der Waals surface area contributed by atoms with Gasteiger partial charge in [0.2, 0.25) is 15.9 Å². The maximum atomic E-state index is 13.2. The molecule has 9 heteroatoms.